The highest BCUT2D eigenvalue weighted by atomic mass is 19.1. The fraction of sp³-hybridized carbons (Fsp3) is 0.269. The normalized spacial score (nSPS) is 15.2. The number of hydrogen-bond donors (Lipinski definition) is 0. The molecule has 0 atom stereocenters. The van der Waals surface area contributed by atoms with E-state index in [0.29, 0.717) is 6.54 Å². The van der Waals surface area contributed by atoms with Crippen molar-refractivity contribution in [1.29, 1.82) is 0 Å². The average Bonchev–Trinajstić information content (AvgIpc) is 3.03. The number of benzene rings is 3. The maximum absolute atomic E-state index is 13.6. The smallest absolute Gasteiger partial charge is 0.234 e. The summed E-state index contributed by atoms with van der Waals surface area (Å²) in [4.78, 5) is 18.0. The molecule has 1 saturated heterocycles. The molecule has 3 aromatic rings. The Morgan fingerprint density at radius 3 is 1.97 bits per heavy atom. The topological polar surface area (TPSA) is 23.6 Å². The minimum atomic E-state index is -0.281. The first-order chi connectivity index (χ1) is 14.7. The first kappa shape index (κ1) is 20.3. The summed E-state index contributed by atoms with van der Waals surface area (Å²) in [5, 5.41) is 0. The molecule has 3 aromatic carbocycles. The molecule has 0 aliphatic carbocycles. The van der Waals surface area contributed by atoms with Gasteiger partial charge in [-0.25, -0.2) is 4.39 Å². The molecule has 4 rings (SSSR count). The van der Waals surface area contributed by atoms with Crippen LogP contribution in [0.3, 0.4) is 0 Å². The Bertz CT molecular complexity index is 904. The highest BCUT2D eigenvalue weighted by molar-refractivity contribution is 5.87. The third-order valence-corrected chi connectivity index (χ3v) is 5.73. The van der Waals surface area contributed by atoms with Crippen molar-refractivity contribution in [2.45, 2.75) is 18.9 Å². The molecule has 1 aliphatic heterocycles. The minimum Gasteiger partial charge on any atom is -0.341 e. The molecule has 0 N–H and O–H groups in total. The molecule has 30 heavy (non-hydrogen) atoms. The van der Waals surface area contributed by atoms with Gasteiger partial charge in [0.1, 0.15) is 5.82 Å². The quantitative estimate of drug-likeness (QED) is 0.618. The van der Waals surface area contributed by atoms with E-state index in [-0.39, 0.29) is 17.6 Å². The van der Waals surface area contributed by atoms with Gasteiger partial charge in [0.2, 0.25) is 5.91 Å². The molecule has 154 valence electrons. The molecule has 0 radical (unpaired) electrons. The molecule has 3 nitrogen and oxygen atoms in total. The van der Waals surface area contributed by atoms with Crippen molar-refractivity contribution >= 4 is 5.91 Å². The van der Waals surface area contributed by atoms with Crippen LogP contribution in [0.25, 0.3) is 0 Å². The van der Waals surface area contributed by atoms with Crippen molar-refractivity contribution in [1.82, 2.24) is 9.80 Å². The molecule has 1 aliphatic rings. The van der Waals surface area contributed by atoms with Gasteiger partial charge in [-0.3, -0.25) is 9.69 Å². The molecule has 0 spiro atoms. The van der Waals surface area contributed by atoms with E-state index < -0.39 is 0 Å². The van der Waals surface area contributed by atoms with Crippen LogP contribution in [-0.2, 0) is 11.3 Å². The van der Waals surface area contributed by atoms with Crippen molar-refractivity contribution in [2.24, 2.45) is 0 Å². The zero-order chi connectivity index (χ0) is 20.8. The maximum atomic E-state index is 13.6. The zero-order valence-electron chi connectivity index (χ0n) is 17.1. The maximum Gasteiger partial charge on any atom is 0.234 e. The molecule has 0 saturated carbocycles. The predicted molar refractivity (Wildman–Crippen MR) is 118 cm³/mol. The minimum absolute atomic E-state index is 0.163. The first-order valence-corrected chi connectivity index (χ1v) is 10.6. The second kappa shape index (κ2) is 9.68. The van der Waals surface area contributed by atoms with Crippen molar-refractivity contribution in [2.75, 3.05) is 26.2 Å². The van der Waals surface area contributed by atoms with Gasteiger partial charge in [-0.1, -0.05) is 72.8 Å². The number of nitrogens with zero attached hydrogens (tertiary/aromatic N) is 2. The van der Waals surface area contributed by atoms with E-state index in [4.69, 9.17) is 0 Å². The van der Waals surface area contributed by atoms with Gasteiger partial charge in [-0.05, 0) is 35.2 Å². The Morgan fingerprint density at radius 1 is 0.767 bits per heavy atom. The Balaban J connectivity index is 1.48. The fourth-order valence-electron chi connectivity index (χ4n) is 4.15. The lowest BCUT2D eigenvalue weighted by molar-refractivity contribution is -0.131. The molecule has 1 amide bonds. The third-order valence-electron chi connectivity index (χ3n) is 5.73. The fourth-order valence-corrected chi connectivity index (χ4v) is 4.15. The lowest BCUT2D eigenvalue weighted by atomic mass is 9.90. The summed E-state index contributed by atoms with van der Waals surface area (Å²) in [5.41, 5.74) is 3.16. The van der Waals surface area contributed by atoms with Gasteiger partial charge in [0.25, 0.3) is 0 Å². The van der Waals surface area contributed by atoms with Gasteiger partial charge in [0.15, 0.2) is 0 Å². The molecule has 1 heterocycles. The van der Waals surface area contributed by atoms with E-state index in [0.717, 1.165) is 49.3 Å². The van der Waals surface area contributed by atoms with Crippen LogP contribution < -0.4 is 0 Å². The van der Waals surface area contributed by atoms with Crippen LogP contribution in [-0.4, -0.2) is 41.9 Å². The van der Waals surface area contributed by atoms with Gasteiger partial charge in [0, 0.05) is 32.7 Å². The highest BCUT2D eigenvalue weighted by Crippen LogP contribution is 2.27. The average molecular weight is 403 g/mol. The number of hydrogen-bond acceptors (Lipinski definition) is 2. The standard InChI is InChI=1S/C26H27FN2O/c27-24-14-12-21(13-15-24)20-28-16-7-17-29(19-18-28)26(30)25(22-8-3-1-4-9-22)23-10-5-2-6-11-23/h1-6,8-15,25H,7,16-20H2. The van der Waals surface area contributed by atoms with Gasteiger partial charge < -0.3 is 4.90 Å². The molecule has 1 fully saturated rings. The molecular weight excluding hydrogens is 375 g/mol. The van der Waals surface area contributed by atoms with Crippen molar-refractivity contribution in [3.63, 3.8) is 0 Å². The van der Waals surface area contributed by atoms with E-state index in [2.05, 4.69) is 4.90 Å². The van der Waals surface area contributed by atoms with Crippen molar-refractivity contribution in [3.05, 3.63) is 107 Å². The Kier molecular flexibility index (Phi) is 6.55. The second-order valence-electron chi connectivity index (χ2n) is 7.84. The molecule has 0 aromatic heterocycles. The highest BCUT2D eigenvalue weighted by Gasteiger charge is 2.28. The van der Waals surface area contributed by atoms with E-state index in [9.17, 15) is 9.18 Å². The van der Waals surface area contributed by atoms with E-state index in [1.807, 2.05) is 77.7 Å². The number of halogens is 1. The monoisotopic (exact) mass is 402 g/mol. The lowest BCUT2D eigenvalue weighted by Crippen LogP contribution is -2.38. The Hall–Kier alpha value is -2.98. The van der Waals surface area contributed by atoms with Crippen LogP contribution in [0.2, 0.25) is 0 Å². The van der Waals surface area contributed by atoms with Crippen molar-refractivity contribution < 1.29 is 9.18 Å². The summed E-state index contributed by atoms with van der Waals surface area (Å²) in [7, 11) is 0. The number of carbonyl (C=O) groups is 1. The van der Waals surface area contributed by atoms with Crippen LogP contribution in [0.15, 0.2) is 84.9 Å². The summed E-state index contributed by atoms with van der Waals surface area (Å²) >= 11 is 0. The zero-order valence-corrected chi connectivity index (χ0v) is 17.1. The van der Waals surface area contributed by atoms with Gasteiger partial charge in [-0.15, -0.1) is 0 Å². The summed E-state index contributed by atoms with van der Waals surface area (Å²) in [6, 6.07) is 26.8. The van der Waals surface area contributed by atoms with Crippen LogP contribution in [0.4, 0.5) is 4.39 Å². The lowest BCUT2D eigenvalue weighted by Gasteiger charge is -2.27. The van der Waals surface area contributed by atoms with Crippen LogP contribution in [0.1, 0.15) is 29.0 Å². The largest absolute Gasteiger partial charge is 0.341 e. The summed E-state index contributed by atoms with van der Waals surface area (Å²) in [5.74, 6) is -0.327. The van der Waals surface area contributed by atoms with Crippen LogP contribution in [0, 0.1) is 5.82 Å². The number of carbonyl (C=O) groups excluding carboxylic acids is 1. The Morgan fingerprint density at radius 2 is 1.37 bits per heavy atom. The van der Waals surface area contributed by atoms with E-state index in [1.54, 1.807) is 0 Å². The first-order valence-electron chi connectivity index (χ1n) is 10.6. The molecule has 0 unspecified atom stereocenters. The summed E-state index contributed by atoms with van der Waals surface area (Å²) in [6.07, 6.45) is 0.934. The number of rotatable bonds is 5. The molecule has 4 heteroatoms. The van der Waals surface area contributed by atoms with E-state index in [1.165, 1.54) is 12.1 Å². The van der Waals surface area contributed by atoms with Gasteiger partial charge in [-0.2, -0.15) is 0 Å². The third kappa shape index (κ3) is 4.95. The number of amides is 1. The van der Waals surface area contributed by atoms with Crippen LogP contribution >= 0.6 is 0 Å². The molecule has 0 bridgehead atoms. The van der Waals surface area contributed by atoms with Gasteiger partial charge >= 0.3 is 0 Å². The van der Waals surface area contributed by atoms with E-state index >= 15 is 0 Å². The van der Waals surface area contributed by atoms with Crippen LogP contribution in [0.5, 0.6) is 0 Å². The SMILES string of the molecule is O=C(C(c1ccccc1)c1ccccc1)N1CCCN(Cc2ccc(F)cc2)CC1. The van der Waals surface area contributed by atoms with Gasteiger partial charge in [0.05, 0.1) is 5.92 Å². The summed E-state index contributed by atoms with van der Waals surface area (Å²) in [6.45, 7) is 4.00. The molecular formula is C26H27FN2O. The second-order valence-corrected chi connectivity index (χ2v) is 7.84. The van der Waals surface area contributed by atoms with Crippen molar-refractivity contribution in [3.8, 4) is 0 Å². The Labute approximate surface area is 177 Å². The predicted octanol–water partition coefficient (Wildman–Crippen LogP) is 4.69. The summed E-state index contributed by atoms with van der Waals surface area (Å²) < 4.78 is 13.2.